The van der Waals surface area contributed by atoms with E-state index in [1.54, 1.807) is 18.4 Å². The minimum Gasteiger partial charge on any atom is -0.463 e. The Morgan fingerprint density at radius 1 is 1.36 bits per heavy atom. The SMILES string of the molecule is Cc1ccc2c(c1)c1c3n2CCN(CC(=O)N/N=C/c2ccco2)[C@@H]3CCC1. The van der Waals surface area contributed by atoms with Crippen LogP contribution in [-0.4, -0.2) is 34.7 Å². The molecule has 6 heteroatoms. The summed E-state index contributed by atoms with van der Waals surface area (Å²) >= 11 is 0. The van der Waals surface area contributed by atoms with Crippen LogP contribution in [0.1, 0.15) is 41.5 Å². The summed E-state index contributed by atoms with van der Waals surface area (Å²) in [5.74, 6) is 0.533. The van der Waals surface area contributed by atoms with Crippen LogP contribution in [0.25, 0.3) is 10.9 Å². The Morgan fingerprint density at radius 3 is 3.14 bits per heavy atom. The van der Waals surface area contributed by atoms with Crippen molar-refractivity contribution < 1.29 is 9.21 Å². The van der Waals surface area contributed by atoms with Crippen molar-refractivity contribution in [2.75, 3.05) is 13.1 Å². The van der Waals surface area contributed by atoms with Crippen LogP contribution in [0, 0.1) is 6.92 Å². The van der Waals surface area contributed by atoms with Crippen LogP contribution in [0.15, 0.2) is 46.1 Å². The molecule has 0 unspecified atom stereocenters. The van der Waals surface area contributed by atoms with E-state index in [1.807, 2.05) is 0 Å². The molecule has 0 spiro atoms. The Morgan fingerprint density at radius 2 is 2.29 bits per heavy atom. The van der Waals surface area contributed by atoms with Crippen molar-refractivity contribution >= 4 is 23.0 Å². The topological polar surface area (TPSA) is 62.8 Å². The van der Waals surface area contributed by atoms with Gasteiger partial charge in [0.05, 0.1) is 25.1 Å². The van der Waals surface area contributed by atoms with Gasteiger partial charge in [0.1, 0.15) is 5.76 Å². The lowest BCUT2D eigenvalue weighted by atomic mass is 9.89. The molecule has 2 aromatic heterocycles. The van der Waals surface area contributed by atoms with Crippen molar-refractivity contribution in [2.45, 2.75) is 38.8 Å². The molecule has 1 N–H and O–H groups in total. The lowest BCUT2D eigenvalue weighted by Gasteiger charge is -2.39. The van der Waals surface area contributed by atoms with Crippen LogP contribution in [0.3, 0.4) is 0 Å². The maximum Gasteiger partial charge on any atom is 0.254 e. The highest BCUT2D eigenvalue weighted by Gasteiger charge is 2.35. The van der Waals surface area contributed by atoms with E-state index in [-0.39, 0.29) is 5.91 Å². The second-order valence-corrected chi connectivity index (χ2v) is 7.72. The number of rotatable bonds is 4. The van der Waals surface area contributed by atoms with Gasteiger partial charge in [-0.2, -0.15) is 5.10 Å². The zero-order valence-electron chi connectivity index (χ0n) is 16.0. The maximum absolute atomic E-state index is 12.4. The quantitative estimate of drug-likeness (QED) is 0.561. The van der Waals surface area contributed by atoms with Crippen molar-refractivity contribution in [3.05, 3.63) is 59.2 Å². The zero-order valence-corrected chi connectivity index (χ0v) is 16.0. The van der Waals surface area contributed by atoms with Crippen LogP contribution in [0.5, 0.6) is 0 Å². The monoisotopic (exact) mass is 376 g/mol. The number of hydrogen-bond acceptors (Lipinski definition) is 4. The number of nitrogens with zero attached hydrogens (tertiary/aromatic N) is 3. The van der Waals surface area contributed by atoms with Gasteiger partial charge in [-0.05, 0) is 56.0 Å². The predicted octanol–water partition coefficient (Wildman–Crippen LogP) is 3.39. The van der Waals surface area contributed by atoms with Crippen molar-refractivity contribution in [1.29, 1.82) is 0 Å². The fourth-order valence-electron chi connectivity index (χ4n) is 4.73. The number of amides is 1. The molecule has 28 heavy (non-hydrogen) atoms. The molecule has 1 amide bonds. The fraction of sp³-hybridized carbons (Fsp3) is 0.364. The van der Waals surface area contributed by atoms with Crippen molar-refractivity contribution in [3.63, 3.8) is 0 Å². The molecule has 1 aliphatic heterocycles. The van der Waals surface area contributed by atoms with E-state index in [1.165, 1.54) is 40.4 Å². The van der Waals surface area contributed by atoms with Gasteiger partial charge < -0.3 is 8.98 Å². The van der Waals surface area contributed by atoms with Crippen molar-refractivity contribution in [2.24, 2.45) is 5.10 Å². The zero-order chi connectivity index (χ0) is 19.1. The maximum atomic E-state index is 12.4. The van der Waals surface area contributed by atoms with Crippen LogP contribution < -0.4 is 5.43 Å². The van der Waals surface area contributed by atoms with E-state index in [0.29, 0.717) is 18.3 Å². The standard InChI is InChI=1S/C22H24N4O2/c1-15-7-8-19-18(12-15)17-5-2-6-20-22(17)26(19)10-9-25(20)14-21(27)24-23-13-16-4-3-11-28-16/h3-4,7-8,11-13,20H,2,5-6,9-10,14H2,1H3,(H,24,27)/b23-13+/t20-/m1/s1. The highest BCUT2D eigenvalue weighted by molar-refractivity contribution is 5.87. The first kappa shape index (κ1) is 17.3. The number of fused-ring (bicyclic) bond motifs is 3. The van der Waals surface area contributed by atoms with E-state index in [9.17, 15) is 4.79 Å². The summed E-state index contributed by atoms with van der Waals surface area (Å²) in [5.41, 5.74) is 8.18. The van der Waals surface area contributed by atoms with Gasteiger partial charge >= 0.3 is 0 Å². The molecule has 0 bridgehead atoms. The lowest BCUT2D eigenvalue weighted by Crippen LogP contribution is -2.44. The van der Waals surface area contributed by atoms with Crippen LogP contribution in [-0.2, 0) is 17.8 Å². The summed E-state index contributed by atoms with van der Waals surface area (Å²) in [5, 5.41) is 5.40. The number of carbonyl (C=O) groups excluding carboxylic acids is 1. The number of nitrogens with one attached hydrogen (secondary N) is 1. The molecule has 6 nitrogen and oxygen atoms in total. The second kappa shape index (κ2) is 6.95. The van der Waals surface area contributed by atoms with Crippen LogP contribution >= 0.6 is 0 Å². The van der Waals surface area contributed by atoms with E-state index >= 15 is 0 Å². The Kier molecular flexibility index (Phi) is 4.28. The molecule has 5 rings (SSSR count). The van der Waals surface area contributed by atoms with E-state index in [2.05, 4.69) is 45.1 Å². The fourth-order valence-corrected chi connectivity index (χ4v) is 4.73. The second-order valence-electron chi connectivity index (χ2n) is 7.72. The first-order valence-electron chi connectivity index (χ1n) is 9.92. The summed E-state index contributed by atoms with van der Waals surface area (Å²) < 4.78 is 7.67. The van der Waals surface area contributed by atoms with Gasteiger partial charge in [0.25, 0.3) is 5.91 Å². The third-order valence-corrected chi connectivity index (χ3v) is 5.91. The molecular formula is C22H24N4O2. The predicted molar refractivity (Wildman–Crippen MR) is 108 cm³/mol. The van der Waals surface area contributed by atoms with Crippen LogP contribution in [0.4, 0.5) is 0 Å². The smallest absolute Gasteiger partial charge is 0.254 e. The van der Waals surface area contributed by atoms with Gasteiger partial charge in [0.15, 0.2) is 0 Å². The van der Waals surface area contributed by atoms with Gasteiger partial charge in [-0.3, -0.25) is 9.69 Å². The van der Waals surface area contributed by atoms with Gasteiger partial charge in [0.2, 0.25) is 0 Å². The minimum atomic E-state index is -0.0877. The molecular weight excluding hydrogens is 352 g/mol. The molecule has 3 heterocycles. The summed E-state index contributed by atoms with van der Waals surface area (Å²) in [6.07, 6.45) is 6.50. The highest BCUT2D eigenvalue weighted by Crippen LogP contribution is 2.42. The Balaban J connectivity index is 1.36. The third kappa shape index (κ3) is 2.94. The van der Waals surface area contributed by atoms with Gasteiger partial charge in [0, 0.05) is 29.7 Å². The molecule has 3 aromatic rings. The van der Waals surface area contributed by atoms with Gasteiger partial charge in [-0.25, -0.2) is 5.43 Å². The number of hydrogen-bond donors (Lipinski definition) is 1. The number of benzene rings is 1. The molecule has 1 aromatic carbocycles. The third-order valence-electron chi connectivity index (χ3n) is 5.91. The minimum absolute atomic E-state index is 0.0877. The van der Waals surface area contributed by atoms with Crippen molar-refractivity contribution in [1.82, 2.24) is 14.9 Å². The summed E-state index contributed by atoms with van der Waals surface area (Å²) in [6.45, 7) is 4.32. The van der Waals surface area contributed by atoms with Crippen molar-refractivity contribution in [3.8, 4) is 0 Å². The Bertz CT molecular complexity index is 1050. The Hall–Kier alpha value is -2.86. The highest BCUT2D eigenvalue weighted by atomic mass is 16.3. The first-order chi connectivity index (χ1) is 13.7. The average Bonchev–Trinajstić information content (AvgIpc) is 3.31. The normalized spacial score (nSPS) is 19.2. The number of hydrazone groups is 1. The average molecular weight is 376 g/mol. The molecule has 144 valence electrons. The molecule has 1 atom stereocenters. The largest absolute Gasteiger partial charge is 0.463 e. The Labute approximate surface area is 163 Å². The molecule has 0 saturated heterocycles. The van der Waals surface area contributed by atoms with E-state index < -0.39 is 0 Å². The van der Waals surface area contributed by atoms with Gasteiger partial charge in [-0.15, -0.1) is 0 Å². The van der Waals surface area contributed by atoms with E-state index in [0.717, 1.165) is 25.9 Å². The number of aryl methyl sites for hydroxylation is 2. The molecule has 0 radical (unpaired) electrons. The van der Waals surface area contributed by atoms with E-state index in [4.69, 9.17) is 4.42 Å². The molecule has 0 saturated carbocycles. The van der Waals surface area contributed by atoms with Crippen LogP contribution in [0.2, 0.25) is 0 Å². The number of aromatic nitrogens is 1. The molecule has 1 aliphatic carbocycles. The van der Waals surface area contributed by atoms with Gasteiger partial charge in [-0.1, -0.05) is 11.6 Å². The number of carbonyl (C=O) groups is 1. The molecule has 2 aliphatic rings. The summed E-state index contributed by atoms with van der Waals surface area (Å²) in [4.78, 5) is 14.7. The first-order valence-corrected chi connectivity index (χ1v) is 9.92. The molecule has 0 fully saturated rings. The lowest BCUT2D eigenvalue weighted by molar-refractivity contribution is -0.123. The summed E-state index contributed by atoms with van der Waals surface area (Å²) in [6, 6.07) is 10.7. The number of furan rings is 1. The summed E-state index contributed by atoms with van der Waals surface area (Å²) in [7, 11) is 0.